The molecule has 4 rings (SSSR count). The van der Waals surface area contributed by atoms with E-state index in [4.69, 9.17) is 4.74 Å². The zero-order valence-electron chi connectivity index (χ0n) is 16.4. The second-order valence-corrected chi connectivity index (χ2v) is 8.87. The molecular weight excluding hydrogens is 404 g/mol. The van der Waals surface area contributed by atoms with Gasteiger partial charge in [-0.3, -0.25) is 4.79 Å². The lowest BCUT2D eigenvalue weighted by Crippen LogP contribution is -2.42. The molecule has 8 nitrogen and oxygen atoms in total. The van der Waals surface area contributed by atoms with E-state index in [1.54, 1.807) is 36.4 Å². The van der Waals surface area contributed by atoms with Gasteiger partial charge in [0.05, 0.1) is 37.8 Å². The summed E-state index contributed by atoms with van der Waals surface area (Å²) in [4.78, 5) is 21.9. The molecule has 0 saturated heterocycles. The number of nitrogens with zero attached hydrogens (tertiary/aromatic N) is 3. The number of imidazole rings is 1. The second kappa shape index (κ2) is 8.39. The first kappa shape index (κ1) is 20.3. The molecule has 1 atom stereocenters. The first-order chi connectivity index (χ1) is 14.5. The Morgan fingerprint density at radius 1 is 1.13 bits per heavy atom. The van der Waals surface area contributed by atoms with Crippen LogP contribution in [0.3, 0.4) is 0 Å². The summed E-state index contributed by atoms with van der Waals surface area (Å²) < 4.78 is 33.5. The van der Waals surface area contributed by atoms with Crippen molar-refractivity contribution in [2.75, 3.05) is 25.2 Å². The van der Waals surface area contributed by atoms with Gasteiger partial charge in [-0.1, -0.05) is 42.5 Å². The maximum Gasteiger partial charge on any atom is 0.245 e. The Balaban J connectivity index is 1.84. The molecule has 0 fully saturated rings. The lowest BCUT2D eigenvalue weighted by molar-refractivity contribution is -0.119. The molecule has 0 saturated carbocycles. The molecule has 0 aliphatic carbocycles. The summed E-state index contributed by atoms with van der Waals surface area (Å²) in [6.45, 7) is -0.0374. The number of carbonyl (C=O) groups is 1. The number of methoxy groups -OCH3 is 1. The number of hydrogen-bond acceptors (Lipinski definition) is 5. The van der Waals surface area contributed by atoms with E-state index in [0.29, 0.717) is 11.4 Å². The maximum atomic E-state index is 13.4. The number of sulfonamides is 1. The van der Waals surface area contributed by atoms with Crippen LogP contribution in [0.4, 0.5) is 5.69 Å². The van der Waals surface area contributed by atoms with Gasteiger partial charge >= 0.3 is 0 Å². The van der Waals surface area contributed by atoms with Crippen molar-refractivity contribution in [3.05, 3.63) is 78.4 Å². The fourth-order valence-corrected chi connectivity index (χ4v) is 5.21. The van der Waals surface area contributed by atoms with E-state index < -0.39 is 16.1 Å². The standard InChI is InChI=1S/C21H22N4O4S/c1-29-14-19(16-7-3-2-4-8-16)25-18-9-5-6-10-20(18)30(27,28)24(13-21(25)26)12-17-11-22-15-23-17/h2-11,15,19H,12-14H2,1H3,(H,22,23). The highest BCUT2D eigenvalue weighted by atomic mass is 32.2. The molecule has 1 aliphatic heterocycles. The molecule has 156 valence electrons. The number of aromatic amines is 1. The number of H-pyrrole nitrogens is 1. The van der Waals surface area contributed by atoms with E-state index in [1.807, 2.05) is 30.3 Å². The number of carbonyl (C=O) groups excluding carboxylic acids is 1. The minimum absolute atomic E-state index is 0.0243. The highest BCUT2D eigenvalue weighted by Gasteiger charge is 2.39. The molecule has 30 heavy (non-hydrogen) atoms. The average molecular weight is 426 g/mol. The van der Waals surface area contributed by atoms with Crippen LogP contribution in [0.5, 0.6) is 0 Å². The van der Waals surface area contributed by atoms with Crippen molar-refractivity contribution in [2.24, 2.45) is 0 Å². The van der Waals surface area contributed by atoms with Crippen LogP contribution >= 0.6 is 0 Å². The summed E-state index contributed by atoms with van der Waals surface area (Å²) in [5, 5.41) is 0. The molecule has 9 heteroatoms. The highest BCUT2D eigenvalue weighted by molar-refractivity contribution is 7.89. The third kappa shape index (κ3) is 3.74. The van der Waals surface area contributed by atoms with Crippen molar-refractivity contribution in [3.8, 4) is 0 Å². The topological polar surface area (TPSA) is 95.6 Å². The van der Waals surface area contributed by atoms with Crippen molar-refractivity contribution in [3.63, 3.8) is 0 Å². The quantitative estimate of drug-likeness (QED) is 0.653. The van der Waals surface area contributed by atoms with E-state index in [1.165, 1.54) is 16.7 Å². The summed E-state index contributed by atoms with van der Waals surface area (Å²) in [6.07, 6.45) is 3.03. The lowest BCUT2D eigenvalue weighted by Gasteiger charge is -2.31. The van der Waals surface area contributed by atoms with Gasteiger partial charge in [0.1, 0.15) is 4.90 Å². The van der Waals surface area contributed by atoms with Crippen LogP contribution in [0.15, 0.2) is 72.0 Å². The zero-order valence-corrected chi connectivity index (χ0v) is 17.2. The summed E-state index contributed by atoms with van der Waals surface area (Å²) in [5.41, 5.74) is 1.82. The smallest absolute Gasteiger partial charge is 0.245 e. The van der Waals surface area contributed by atoms with Gasteiger partial charge in [-0.15, -0.1) is 0 Å². The van der Waals surface area contributed by atoms with Crippen LogP contribution < -0.4 is 4.90 Å². The number of benzene rings is 2. The van der Waals surface area contributed by atoms with Crippen LogP contribution in [0, 0.1) is 0 Å². The number of hydrogen-bond donors (Lipinski definition) is 1. The Bertz CT molecular complexity index is 1120. The van der Waals surface area contributed by atoms with Crippen molar-refractivity contribution < 1.29 is 17.9 Å². The molecule has 2 aromatic carbocycles. The van der Waals surface area contributed by atoms with E-state index in [9.17, 15) is 13.2 Å². The largest absolute Gasteiger partial charge is 0.382 e. The average Bonchev–Trinajstić information content (AvgIpc) is 3.24. The monoisotopic (exact) mass is 426 g/mol. The van der Waals surface area contributed by atoms with Gasteiger partial charge in [0, 0.05) is 19.0 Å². The Labute approximate surface area is 175 Å². The Hall–Kier alpha value is -3.01. The van der Waals surface area contributed by atoms with Gasteiger partial charge in [0.2, 0.25) is 15.9 Å². The first-order valence-electron chi connectivity index (χ1n) is 9.44. The normalized spacial score (nSPS) is 17.4. The van der Waals surface area contributed by atoms with Gasteiger partial charge in [-0.05, 0) is 17.7 Å². The molecule has 1 unspecified atom stereocenters. The van der Waals surface area contributed by atoms with Gasteiger partial charge in [0.25, 0.3) is 0 Å². The number of ether oxygens (including phenoxy) is 1. The van der Waals surface area contributed by atoms with Gasteiger partial charge in [0.15, 0.2) is 0 Å². The van der Waals surface area contributed by atoms with E-state index in [2.05, 4.69) is 9.97 Å². The van der Waals surface area contributed by atoms with Crippen LogP contribution in [0.1, 0.15) is 17.3 Å². The summed E-state index contributed by atoms with van der Waals surface area (Å²) in [5.74, 6) is -0.325. The molecule has 1 aliphatic rings. The number of nitrogens with one attached hydrogen (secondary N) is 1. The van der Waals surface area contributed by atoms with Crippen molar-refractivity contribution in [2.45, 2.75) is 17.5 Å². The summed E-state index contributed by atoms with van der Waals surface area (Å²) >= 11 is 0. The van der Waals surface area contributed by atoms with Crippen molar-refractivity contribution >= 4 is 21.6 Å². The minimum Gasteiger partial charge on any atom is -0.382 e. The Kier molecular flexibility index (Phi) is 5.67. The van der Waals surface area contributed by atoms with Crippen LogP contribution in [-0.4, -0.2) is 48.9 Å². The molecule has 2 heterocycles. The molecule has 0 bridgehead atoms. The Morgan fingerprint density at radius 3 is 2.57 bits per heavy atom. The number of anilines is 1. The molecule has 3 aromatic rings. The number of para-hydroxylation sites is 1. The number of fused-ring (bicyclic) bond motifs is 1. The zero-order chi connectivity index (χ0) is 21.1. The van der Waals surface area contributed by atoms with Gasteiger partial charge in [-0.2, -0.15) is 4.31 Å². The Morgan fingerprint density at radius 2 is 1.87 bits per heavy atom. The SMILES string of the molecule is COCC(c1ccccc1)N1C(=O)CN(Cc2cnc[nH]2)S(=O)(=O)c2ccccc21. The van der Waals surface area contributed by atoms with Crippen LogP contribution in [-0.2, 0) is 26.1 Å². The second-order valence-electron chi connectivity index (χ2n) is 6.96. The molecule has 1 aromatic heterocycles. The fraction of sp³-hybridized carbons (Fsp3) is 0.238. The summed E-state index contributed by atoms with van der Waals surface area (Å²) in [6, 6.07) is 15.6. The molecule has 0 radical (unpaired) electrons. The number of amides is 1. The predicted molar refractivity (Wildman–Crippen MR) is 111 cm³/mol. The number of rotatable bonds is 6. The third-order valence-electron chi connectivity index (χ3n) is 5.05. The molecule has 1 amide bonds. The van der Waals surface area contributed by atoms with Gasteiger partial charge in [-0.25, -0.2) is 13.4 Å². The van der Waals surface area contributed by atoms with Crippen LogP contribution in [0.2, 0.25) is 0 Å². The van der Waals surface area contributed by atoms with Crippen molar-refractivity contribution in [1.82, 2.24) is 14.3 Å². The lowest BCUT2D eigenvalue weighted by atomic mass is 10.0. The molecule has 0 spiro atoms. The maximum absolute atomic E-state index is 13.4. The van der Waals surface area contributed by atoms with E-state index in [0.717, 1.165) is 5.56 Å². The predicted octanol–water partition coefficient (Wildman–Crippen LogP) is 2.33. The number of aromatic nitrogens is 2. The van der Waals surface area contributed by atoms with E-state index in [-0.39, 0.29) is 30.5 Å². The van der Waals surface area contributed by atoms with Gasteiger partial charge < -0.3 is 14.6 Å². The fourth-order valence-electron chi connectivity index (χ4n) is 3.66. The minimum atomic E-state index is -3.91. The molecule has 1 N–H and O–H groups in total. The molecular formula is C21H22N4O4S. The van der Waals surface area contributed by atoms with Crippen LogP contribution in [0.25, 0.3) is 0 Å². The van der Waals surface area contributed by atoms with Crippen molar-refractivity contribution in [1.29, 1.82) is 0 Å². The van der Waals surface area contributed by atoms with E-state index >= 15 is 0 Å². The highest BCUT2D eigenvalue weighted by Crippen LogP contribution is 2.37. The third-order valence-corrected chi connectivity index (χ3v) is 6.88. The summed E-state index contributed by atoms with van der Waals surface area (Å²) in [7, 11) is -2.35. The first-order valence-corrected chi connectivity index (χ1v) is 10.9.